The largest absolute Gasteiger partial charge is 0.493 e. The lowest BCUT2D eigenvalue weighted by atomic mass is 9.99. The van der Waals surface area contributed by atoms with Gasteiger partial charge in [0.1, 0.15) is 22.8 Å². The Labute approximate surface area is 280 Å². The van der Waals surface area contributed by atoms with Gasteiger partial charge in [-0.2, -0.15) is 0 Å². The van der Waals surface area contributed by atoms with Gasteiger partial charge in [-0.25, -0.2) is 4.79 Å². The molecule has 2 amide bonds. The van der Waals surface area contributed by atoms with Crippen molar-refractivity contribution in [2.24, 2.45) is 5.92 Å². The van der Waals surface area contributed by atoms with Crippen molar-refractivity contribution in [3.05, 3.63) is 76.9 Å². The SMILES string of the molecule is COc1ccc(CN2CC[C@@H]3NC(=O)CN(C)C(=O)c4cc(OCC(C)C)cc(c4)Oc4cccc(c4)CO[C@H]3C2)c(C(=O)O)c1OC. The molecule has 0 spiro atoms. The van der Waals surface area contributed by atoms with Crippen LogP contribution in [0.3, 0.4) is 0 Å². The lowest BCUT2D eigenvalue weighted by Crippen LogP contribution is -2.56. The van der Waals surface area contributed by atoms with Crippen molar-refractivity contribution in [3.8, 4) is 28.7 Å². The van der Waals surface area contributed by atoms with Gasteiger partial charge in [-0.05, 0) is 53.8 Å². The molecule has 0 aromatic heterocycles. The van der Waals surface area contributed by atoms with Gasteiger partial charge in [0, 0.05) is 38.3 Å². The molecular weight excluding hydrogens is 618 g/mol. The molecule has 2 aliphatic rings. The molecule has 5 rings (SSSR count). The number of ether oxygens (including phenoxy) is 5. The summed E-state index contributed by atoms with van der Waals surface area (Å²) in [5, 5.41) is 13.1. The average molecular weight is 662 g/mol. The number of hydrogen-bond acceptors (Lipinski definition) is 9. The van der Waals surface area contributed by atoms with Gasteiger partial charge >= 0.3 is 5.97 Å². The van der Waals surface area contributed by atoms with Crippen LogP contribution >= 0.6 is 0 Å². The first-order chi connectivity index (χ1) is 23.0. The van der Waals surface area contributed by atoms with E-state index in [1.165, 1.54) is 19.1 Å². The molecule has 48 heavy (non-hydrogen) atoms. The predicted octanol–water partition coefficient (Wildman–Crippen LogP) is 4.59. The van der Waals surface area contributed by atoms with Gasteiger partial charge in [0.2, 0.25) is 5.91 Å². The van der Waals surface area contributed by atoms with Gasteiger partial charge in [-0.15, -0.1) is 0 Å². The second-order valence-corrected chi connectivity index (χ2v) is 12.5. The molecule has 2 heterocycles. The number of piperidine rings is 1. The number of nitrogens with one attached hydrogen (secondary N) is 1. The van der Waals surface area contributed by atoms with Crippen LogP contribution in [0, 0.1) is 5.92 Å². The summed E-state index contributed by atoms with van der Waals surface area (Å²) in [6.07, 6.45) is 0.119. The Balaban J connectivity index is 1.41. The molecule has 3 aromatic rings. The first-order valence-electron chi connectivity index (χ1n) is 15.9. The molecule has 0 aliphatic carbocycles. The lowest BCUT2D eigenvalue weighted by molar-refractivity contribution is -0.125. The lowest BCUT2D eigenvalue weighted by Gasteiger charge is -2.39. The molecule has 4 bridgehead atoms. The molecule has 0 unspecified atom stereocenters. The number of rotatable bonds is 8. The summed E-state index contributed by atoms with van der Waals surface area (Å²) in [5.41, 5.74) is 1.81. The Bertz CT molecular complexity index is 1640. The Morgan fingerprint density at radius 2 is 1.88 bits per heavy atom. The number of likely N-dealkylation sites (N-methyl/N-ethyl adjacent to an activating group) is 1. The molecule has 12 nitrogen and oxygen atoms in total. The van der Waals surface area contributed by atoms with Crippen molar-refractivity contribution in [2.45, 2.75) is 45.6 Å². The van der Waals surface area contributed by atoms with Crippen LogP contribution in [0.5, 0.6) is 28.7 Å². The van der Waals surface area contributed by atoms with E-state index in [1.54, 1.807) is 37.4 Å². The van der Waals surface area contributed by atoms with Gasteiger partial charge in [0.05, 0.1) is 46.1 Å². The Morgan fingerprint density at radius 3 is 2.60 bits per heavy atom. The number of carboxylic acid groups (broad SMARTS) is 1. The fourth-order valence-corrected chi connectivity index (χ4v) is 5.93. The summed E-state index contributed by atoms with van der Waals surface area (Å²) < 4.78 is 29.3. The van der Waals surface area contributed by atoms with Gasteiger partial charge in [-0.3, -0.25) is 14.5 Å². The number of aromatic carboxylic acids is 1. The third-order valence-electron chi connectivity index (χ3n) is 8.27. The van der Waals surface area contributed by atoms with Crippen LogP contribution in [0.15, 0.2) is 54.6 Å². The maximum atomic E-state index is 13.5. The minimum atomic E-state index is -1.12. The molecule has 3 aromatic carbocycles. The van der Waals surface area contributed by atoms with Crippen molar-refractivity contribution in [1.82, 2.24) is 15.1 Å². The number of carbonyl (C=O) groups excluding carboxylic acids is 2. The first kappa shape index (κ1) is 34.5. The maximum absolute atomic E-state index is 13.5. The van der Waals surface area contributed by atoms with Gasteiger partial charge in [0.25, 0.3) is 5.91 Å². The number of amides is 2. The second kappa shape index (κ2) is 15.4. The summed E-state index contributed by atoms with van der Waals surface area (Å²) in [6.45, 7) is 5.96. The molecule has 0 saturated carbocycles. The van der Waals surface area contributed by atoms with Crippen molar-refractivity contribution in [3.63, 3.8) is 0 Å². The molecule has 2 atom stereocenters. The van der Waals surface area contributed by atoms with E-state index in [4.69, 9.17) is 23.7 Å². The van der Waals surface area contributed by atoms with Crippen LogP contribution < -0.4 is 24.3 Å². The van der Waals surface area contributed by atoms with Crippen LogP contribution in [-0.2, 0) is 22.7 Å². The monoisotopic (exact) mass is 661 g/mol. The predicted molar refractivity (Wildman–Crippen MR) is 177 cm³/mol. The molecule has 2 N–H and O–H groups in total. The number of fused-ring (bicyclic) bond motifs is 5. The highest BCUT2D eigenvalue weighted by Gasteiger charge is 2.33. The minimum Gasteiger partial charge on any atom is -0.493 e. The summed E-state index contributed by atoms with van der Waals surface area (Å²) >= 11 is 0. The number of benzene rings is 3. The van der Waals surface area contributed by atoms with Crippen molar-refractivity contribution < 1.29 is 43.2 Å². The number of nitrogens with zero attached hydrogens (tertiary/aromatic N) is 2. The van der Waals surface area contributed by atoms with Gasteiger partial charge < -0.3 is 39.0 Å². The fraction of sp³-hybridized carbons (Fsp3) is 0.417. The van der Waals surface area contributed by atoms with E-state index >= 15 is 0 Å². The highest BCUT2D eigenvalue weighted by atomic mass is 16.5. The number of hydrogen-bond donors (Lipinski definition) is 2. The van der Waals surface area contributed by atoms with E-state index in [9.17, 15) is 19.5 Å². The fourth-order valence-electron chi connectivity index (χ4n) is 5.93. The van der Waals surface area contributed by atoms with Crippen LogP contribution in [0.4, 0.5) is 0 Å². The first-order valence-corrected chi connectivity index (χ1v) is 15.9. The summed E-state index contributed by atoms with van der Waals surface area (Å²) in [7, 11) is 4.45. The van der Waals surface area contributed by atoms with Crippen molar-refractivity contribution >= 4 is 17.8 Å². The summed E-state index contributed by atoms with van der Waals surface area (Å²) in [5.74, 6) is 0.505. The maximum Gasteiger partial charge on any atom is 0.339 e. The molecule has 12 heteroatoms. The van der Waals surface area contributed by atoms with E-state index in [2.05, 4.69) is 10.2 Å². The molecule has 1 saturated heterocycles. The Hall–Kier alpha value is -4.81. The Kier molecular flexibility index (Phi) is 11.1. The van der Waals surface area contributed by atoms with Crippen molar-refractivity contribution in [2.75, 3.05) is 47.5 Å². The number of carbonyl (C=O) groups is 3. The van der Waals surface area contributed by atoms with E-state index in [0.29, 0.717) is 66.8 Å². The van der Waals surface area contributed by atoms with Gasteiger partial charge in [-0.1, -0.05) is 32.0 Å². The zero-order chi connectivity index (χ0) is 34.4. The van der Waals surface area contributed by atoms with Crippen LogP contribution in [0.25, 0.3) is 0 Å². The van der Waals surface area contributed by atoms with Crippen LogP contribution in [0.2, 0.25) is 0 Å². The average Bonchev–Trinajstić information content (AvgIpc) is 3.06. The smallest absolute Gasteiger partial charge is 0.339 e. The zero-order valence-corrected chi connectivity index (χ0v) is 28.0. The van der Waals surface area contributed by atoms with Crippen molar-refractivity contribution in [1.29, 1.82) is 0 Å². The van der Waals surface area contributed by atoms with E-state index in [1.807, 2.05) is 38.1 Å². The van der Waals surface area contributed by atoms with Crippen LogP contribution in [0.1, 0.15) is 52.1 Å². The molecular formula is C36H43N3O9. The highest BCUT2D eigenvalue weighted by molar-refractivity contribution is 5.97. The number of likely N-dealkylation sites (tertiary alicyclic amines) is 1. The van der Waals surface area contributed by atoms with Crippen LogP contribution in [-0.4, -0.2) is 92.3 Å². The van der Waals surface area contributed by atoms with E-state index in [-0.39, 0.29) is 48.2 Å². The third-order valence-corrected chi connectivity index (χ3v) is 8.27. The molecule has 1 fully saturated rings. The molecule has 0 radical (unpaired) electrons. The summed E-state index contributed by atoms with van der Waals surface area (Å²) in [6, 6.07) is 15.6. The topological polar surface area (TPSA) is 136 Å². The number of methoxy groups -OCH3 is 2. The van der Waals surface area contributed by atoms with E-state index in [0.717, 1.165) is 5.56 Å². The number of carboxylic acids is 1. The second-order valence-electron chi connectivity index (χ2n) is 12.5. The summed E-state index contributed by atoms with van der Waals surface area (Å²) in [4.78, 5) is 42.6. The quantitative estimate of drug-likeness (QED) is 0.353. The standard InChI is InChI=1S/C36H43N3O9/c1-22(2)20-46-27-14-25-15-28(16-27)48-26-8-6-7-23(13-26)21-47-31-18-39(12-11-29(31)37-32(40)19-38(3)35(25)41)17-24-9-10-30(44-4)34(45-5)33(24)36(42)43/h6-10,13-16,22,29,31H,11-12,17-21H2,1-5H3,(H,37,40)(H,42,43)/t29-,31-/m0/s1. The zero-order valence-electron chi connectivity index (χ0n) is 28.0. The normalized spacial score (nSPS) is 18.8. The van der Waals surface area contributed by atoms with E-state index < -0.39 is 12.1 Å². The van der Waals surface area contributed by atoms with Gasteiger partial charge in [0.15, 0.2) is 11.5 Å². The molecule has 2 aliphatic heterocycles. The third kappa shape index (κ3) is 8.36. The minimum absolute atomic E-state index is 0.0409. The Morgan fingerprint density at radius 1 is 1.06 bits per heavy atom. The molecule has 256 valence electrons. The highest BCUT2D eigenvalue weighted by Crippen LogP contribution is 2.35.